The molecule has 2 atom stereocenters. The largest absolute Gasteiger partial charge is 0.465 e. The molecule has 0 aromatic heterocycles. The highest BCUT2D eigenvalue weighted by Gasteiger charge is 2.34. The molecule has 0 saturated heterocycles. The number of Topliss-reactive ketones (excluding diaryl/α,β-unsaturated/α-hetero) is 1. The maximum atomic E-state index is 13.4. The van der Waals surface area contributed by atoms with Gasteiger partial charge in [0, 0.05) is 5.69 Å². The van der Waals surface area contributed by atoms with Gasteiger partial charge in [-0.3, -0.25) is 19.7 Å². The molecule has 1 amide bonds. The Hall–Kier alpha value is -2.99. The Morgan fingerprint density at radius 3 is 2.55 bits per heavy atom. The summed E-state index contributed by atoms with van der Waals surface area (Å²) in [5.41, 5.74) is 2.92. The van der Waals surface area contributed by atoms with Crippen molar-refractivity contribution in [3.05, 3.63) is 65.7 Å². The predicted octanol–water partition coefficient (Wildman–Crippen LogP) is 3.08. The number of para-hydroxylation sites is 1. The zero-order chi connectivity index (χ0) is 22.2. The fourth-order valence-electron chi connectivity index (χ4n) is 3.97. The average molecular weight is 423 g/mol. The molecule has 164 valence electrons. The first-order valence-electron chi connectivity index (χ1n) is 10.8. The van der Waals surface area contributed by atoms with Gasteiger partial charge in [0.15, 0.2) is 0 Å². The van der Waals surface area contributed by atoms with Crippen LogP contribution in [0.4, 0.5) is 5.69 Å². The third-order valence-corrected chi connectivity index (χ3v) is 5.47. The van der Waals surface area contributed by atoms with Crippen LogP contribution < -0.4 is 10.2 Å². The summed E-state index contributed by atoms with van der Waals surface area (Å²) in [7, 11) is 0. The van der Waals surface area contributed by atoms with Crippen molar-refractivity contribution >= 4 is 23.3 Å². The standard InChI is InChI=1S/C25H30N2O4/c1-3-31-25(30)22(15-13-19-9-5-4-6-10-19)26-21-16-14-20-11-7-8-12-23(20)27(24(21)29)17-18(2)28/h4-12,21-22,26H,3,13-17H2,1-2H3/t21-,22?/m0/s1. The van der Waals surface area contributed by atoms with Crippen LogP contribution in [-0.2, 0) is 32.0 Å². The smallest absolute Gasteiger partial charge is 0.323 e. The Bertz CT molecular complexity index is 913. The minimum atomic E-state index is -0.602. The van der Waals surface area contributed by atoms with Crippen LogP contribution >= 0.6 is 0 Å². The molecule has 6 nitrogen and oxygen atoms in total. The molecule has 1 heterocycles. The maximum Gasteiger partial charge on any atom is 0.323 e. The number of carbonyl (C=O) groups excluding carboxylic acids is 3. The maximum absolute atomic E-state index is 13.4. The van der Waals surface area contributed by atoms with Crippen LogP contribution in [0.25, 0.3) is 0 Å². The minimum Gasteiger partial charge on any atom is -0.465 e. The molecule has 1 aliphatic heterocycles. The van der Waals surface area contributed by atoms with Crippen molar-refractivity contribution in [1.82, 2.24) is 5.32 Å². The summed E-state index contributed by atoms with van der Waals surface area (Å²) in [6.07, 6.45) is 2.44. The first kappa shape index (κ1) is 22.7. The van der Waals surface area contributed by atoms with Gasteiger partial charge in [0.25, 0.3) is 0 Å². The van der Waals surface area contributed by atoms with E-state index in [2.05, 4.69) is 5.32 Å². The Morgan fingerprint density at radius 1 is 1.13 bits per heavy atom. The Labute approximate surface area is 183 Å². The van der Waals surface area contributed by atoms with Crippen LogP contribution in [0.1, 0.15) is 37.8 Å². The molecule has 6 heteroatoms. The van der Waals surface area contributed by atoms with Crippen molar-refractivity contribution in [2.24, 2.45) is 0 Å². The number of carbonyl (C=O) groups is 3. The lowest BCUT2D eigenvalue weighted by Gasteiger charge is -2.27. The molecular formula is C25H30N2O4. The zero-order valence-electron chi connectivity index (χ0n) is 18.2. The number of rotatable bonds is 9. The van der Waals surface area contributed by atoms with Gasteiger partial charge in [0.05, 0.1) is 19.2 Å². The molecule has 0 aliphatic carbocycles. The lowest BCUT2D eigenvalue weighted by molar-refractivity contribution is -0.146. The molecule has 2 aromatic carbocycles. The molecule has 0 fully saturated rings. The number of aryl methyl sites for hydroxylation is 2. The SMILES string of the molecule is CCOC(=O)C(CCc1ccccc1)N[C@H]1CCc2ccccc2N(CC(C)=O)C1=O. The van der Waals surface area contributed by atoms with Crippen molar-refractivity contribution in [1.29, 1.82) is 0 Å². The van der Waals surface area contributed by atoms with Crippen LogP contribution in [0, 0.1) is 0 Å². The van der Waals surface area contributed by atoms with Gasteiger partial charge in [0.1, 0.15) is 11.8 Å². The van der Waals surface area contributed by atoms with E-state index in [1.165, 1.54) is 6.92 Å². The summed E-state index contributed by atoms with van der Waals surface area (Å²) in [5, 5.41) is 3.26. The third-order valence-electron chi connectivity index (χ3n) is 5.47. The number of esters is 1. The van der Waals surface area contributed by atoms with E-state index in [0.29, 0.717) is 25.7 Å². The van der Waals surface area contributed by atoms with E-state index in [4.69, 9.17) is 4.74 Å². The second-order valence-corrected chi connectivity index (χ2v) is 7.84. The summed E-state index contributed by atoms with van der Waals surface area (Å²) in [5.74, 6) is -0.630. The van der Waals surface area contributed by atoms with Gasteiger partial charge in [-0.25, -0.2) is 0 Å². The van der Waals surface area contributed by atoms with Gasteiger partial charge in [0.2, 0.25) is 5.91 Å². The number of ketones is 1. The molecule has 1 N–H and O–H groups in total. The molecule has 0 radical (unpaired) electrons. The van der Waals surface area contributed by atoms with Gasteiger partial charge < -0.3 is 9.64 Å². The third kappa shape index (κ3) is 6.01. The number of ether oxygens (including phenoxy) is 1. The monoisotopic (exact) mass is 422 g/mol. The number of benzene rings is 2. The van der Waals surface area contributed by atoms with Gasteiger partial charge in [-0.15, -0.1) is 0 Å². The Balaban J connectivity index is 1.79. The van der Waals surface area contributed by atoms with Gasteiger partial charge in [-0.1, -0.05) is 48.5 Å². The highest BCUT2D eigenvalue weighted by molar-refractivity contribution is 6.02. The van der Waals surface area contributed by atoms with Gasteiger partial charge >= 0.3 is 5.97 Å². The van der Waals surface area contributed by atoms with Crippen molar-refractivity contribution in [2.75, 3.05) is 18.1 Å². The quantitative estimate of drug-likeness (QED) is 0.629. The molecule has 2 aromatic rings. The molecule has 0 spiro atoms. The van der Waals surface area contributed by atoms with E-state index in [1.807, 2.05) is 54.6 Å². The highest BCUT2D eigenvalue weighted by Crippen LogP contribution is 2.27. The molecular weight excluding hydrogens is 392 g/mol. The summed E-state index contributed by atoms with van der Waals surface area (Å²) in [4.78, 5) is 39.5. The molecule has 0 saturated carbocycles. The van der Waals surface area contributed by atoms with Crippen molar-refractivity contribution < 1.29 is 19.1 Å². The Kier molecular flexibility index (Phi) is 7.95. The second kappa shape index (κ2) is 10.9. The summed E-state index contributed by atoms with van der Waals surface area (Å²) >= 11 is 0. The number of hydrogen-bond acceptors (Lipinski definition) is 5. The van der Waals surface area contributed by atoms with E-state index < -0.39 is 12.1 Å². The number of nitrogens with one attached hydrogen (secondary N) is 1. The lowest BCUT2D eigenvalue weighted by Crippen LogP contribution is -2.53. The molecule has 1 aliphatic rings. The molecule has 1 unspecified atom stereocenters. The average Bonchev–Trinajstić information content (AvgIpc) is 2.89. The van der Waals surface area contributed by atoms with E-state index in [9.17, 15) is 14.4 Å². The van der Waals surface area contributed by atoms with Crippen molar-refractivity contribution in [2.45, 2.75) is 51.6 Å². The topological polar surface area (TPSA) is 75.7 Å². The van der Waals surface area contributed by atoms with Crippen LogP contribution in [-0.4, -0.2) is 42.9 Å². The van der Waals surface area contributed by atoms with Crippen LogP contribution in [0.5, 0.6) is 0 Å². The fraction of sp³-hybridized carbons (Fsp3) is 0.400. The number of hydrogen-bond donors (Lipinski definition) is 1. The number of anilines is 1. The van der Waals surface area contributed by atoms with Crippen LogP contribution in [0.3, 0.4) is 0 Å². The summed E-state index contributed by atoms with van der Waals surface area (Å²) in [6.45, 7) is 3.55. The predicted molar refractivity (Wildman–Crippen MR) is 120 cm³/mol. The van der Waals surface area contributed by atoms with Gasteiger partial charge in [-0.05, 0) is 56.7 Å². The van der Waals surface area contributed by atoms with E-state index >= 15 is 0 Å². The first-order valence-corrected chi connectivity index (χ1v) is 10.8. The van der Waals surface area contributed by atoms with Crippen LogP contribution in [0.15, 0.2) is 54.6 Å². The van der Waals surface area contributed by atoms with Crippen molar-refractivity contribution in [3.63, 3.8) is 0 Å². The normalized spacial score (nSPS) is 16.9. The molecule has 31 heavy (non-hydrogen) atoms. The fourth-order valence-corrected chi connectivity index (χ4v) is 3.97. The van der Waals surface area contributed by atoms with Gasteiger partial charge in [-0.2, -0.15) is 0 Å². The minimum absolute atomic E-state index is 0.0160. The lowest BCUT2D eigenvalue weighted by atomic mass is 10.0. The van der Waals surface area contributed by atoms with E-state index in [-0.39, 0.29) is 30.8 Å². The molecule has 3 rings (SSSR count). The zero-order valence-corrected chi connectivity index (χ0v) is 18.2. The summed E-state index contributed by atoms with van der Waals surface area (Å²) in [6, 6.07) is 16.4. The summed E-state index contributed by atoms with van der Waals surface area (Å²) < 4.78 is 5.27. The number of nitrogens with zero attached hydrogens (tertiary/aromatic N) is 1. The number of fused-ring (bicyclic) bond motifs is 1. The first-order chi connectivity index (χ1) is 15.0. The van der Waals surface area contributed by atoms with E-state index in [1.54, 1.807) is 11.8 Å². The van der Waals surface area contributed by atoms with Crippen molar-refractivity contribution in [3.8, 4) is 0 Å². The van der Waals surface area contributed by atoms with E-state index in [0.717, 1.165) is 16.8 Å². The number of amides is 1. The highest BCUT2D eigenvalue weighted by atomic mass is 16.5. The van der Waals surface area contributed by atoms with Crippen LogP contribution in [0.2, 0.25) is 0 Å². The Morgan fingerprint density at radius 2 is 1.84 bits per heavy atom. The second-order valence-electron chi connectivity index (χ2n) is 7.84. The molecule has 0 bridgehead atoms.